The van der Waals surface area contributed by atoms with Crippen molar-refractivity contribution in [1.29, 1.82) is 0 Å². The normalized spacial score (nSPS) is 38.0. The smallest absolute Gasteiger partial charge is 0.314 e. The molecular formula is C37H29NO9S. The van der Waals surface area contributed by atoms with E-state index >= 15 is 0 Å². The number of carbonyl (C=O) groups excluding carboxylic acids is 1. The topological polar surface area (TPSA) is 94.2 Å². The summed E-state index contributed by atoms with van der Waals surface area (Å²) in [6.07, 6.45) is -3.33. The average molecular weight is 664 g/mol. The SMILES string of the molecule is COC12OC(C(=O)c3ccccc31)C1(O2)c2ccccc2C2(OC)OC1C1(O2)c2ccccc2C2(OC)OC1C(=S)N2c1ccccc1. The molecule has 3 fully saturated rings. The molecule has 10 rings (SSSR count). The van der Waals surface area contributed by atoms with Crippen molar-refractivity contribution in [2.75, 3.05) is 26.2 Å². The number of anilines is 1. The van der Waals surface area contributed by atoms with E-state index in [-0.39, 0.29) is 5.78 Å². The van der Waals surface area contributed by atoms with Gasteiger partial charge < -0.3 is 37.9 Å². The standard InChI is InChI=1S/C37H29NO9S/c1-40-35-26-19-11-9-17-24(26)34(30(43-35)31(48)38(35)21-13-5-4-6-14-21)32-33(25-18-10-12-20-27(25)37(42-3,45-32)47-34)29-28(39)22-15-7-8-16-23(22)36(41-2,44-29)46-33/h4-20,29-30,32H,1-3H3. The number of fused-ring (bicyclic) bond motifs is 18. The molecule has 0 saturated carbocycles. The van der Waals surface area contributed by atoms with Gasteiger partial charge in [-0.05, 0) is 12.1 Å². The molecule has 242 valence electrons. The van der Waals surface area contributed by atoms with Crippen molar-refractivity contribution in [2.24, 2.45) is 0 Å². The molecule has 4 aromatic rings. The van der Waals surface area contributed by atoms with Crippen molar-refractivity contribution in [3.63, 3.8) is 0 Å². The monoisotopic (exact) mass is 663 g/mol. The van der Waals surface area contributed by atoms with Gasteiger partial charge in [0.05, 0.1) is 5.56 Å². The van der Waals surface area contributed by atoms with Crippen LogP contribution in [0, 0.1) is 0 Å². The summed E-state index contributed by atoms with van der Waals surface area (Å²) in [6.45, 7) is 0. The van der Waals surface area contributed by atoms with E-state index in [2.05, 4.69) is 0 Å². The number of hydrogen-bond acceptors (Lipinski definition) is 10. The Morgan fingerprint density at radius 3 is 1.81 bits per heavy atom. The Balaban J connectivity index is 1.29. The van der Waals surface area contributed by atoms with Gasteiger partial charge >= 0.3 is 11.9 Å². The second-order valence-corrected chi connectivity index (χ2v) is 13.0. The molecule has 8 atom stereocenters. The molecule has 0 N–H and O–H groups in total. The fourth-order valence-electron chi connectivity index (χ4n) is 8.83. The van der Waals surface area contributed by atoms with Crippen molar-refractivity contribution in [2.45, 2.75) is 47.4 Å². The first-order chi connectivity index (χ1) is 23.4. The van der Waals surface area contributed by atoms with Crippen LogP contribution in [0.2, 0.25) is 0 Å². The molecule has 0 radical (unpaired) electrons. The van der Waals surface area contributed by atoms with E-state index in [0.29, 0.717) is 38.4 Å². The fourth-order valence-corrected chi connectivity index (χ4v) is 9.28. The quantitative estimate of drug-likeness (QED) is 0.275. The van der Waals surface area contributed by atoms with E-state index in [1.807, 2.05) is 95.9 Å². The third kappa shape index (κ3) is 3.04. The van der Waals surface area contributed by atoms with Gasteiger partial charge in [0, 0.05) is 54.8 Å². The molecule has 6 heterocycles. The molecule has 6 aliphatic rings. The highest BCUT2D eigenvalue weighted by Crippen LogP contribution is 2.70. The van der Waals surface area contributed by atoms with Crippen LogP contribution in [0.5, 0.6) is 0 Å². The van der Waals surface area contributed by atoms with Crippen LogP contribution in [0.25, 0.3) is 0 Å². The molecule has 0 aromatic heterocycles. The van der Waals surface area contributed by atoms with Crippen LogP contribution < -0.4 is 4.90 Å². The van der Waals surface area contributed by atoms with Gasteiger partial charge in [-0.2, -0.15) is 0 Å². The van der Waals surface area contributed by atoms with Crippen molar-refractivity contribution >= 4 is 28.7 Å². The summed E-state index contributed by atoms with van der Waals surface area (Å²) in [4.78, 5) is 16.9. The first-order valence-corrected chi connectivity index (χ1v) is 16.1. The highest BCUT2D eigenvalue weighted by Gasteiger charge is 2.84. The lowest BCUT2D eigenvalue weighted by molar-refractivity contribution is -0.382. The Bertz CT molecular complexity index is 2060. The summed E-state index contributed by atoms with van der Waals surface area (Å²) < 4.78 is 53.7. The zero-order chi connectivity index (χ0) is 32.7. The van der Waals surface area contributed by atoms with Crippen LogP contribution in [0.1, 0.15) is 38.2 Å². The minimum absolute atomic E-state index is 0.280. The number of ketones is 1. The minimum atomic E-state index is -1.74. The maximum Gasteiger partial charge on any atom is 0.314 e. The number of nitrogens with zero attached hydrogens (tertiary/aromatic N) is 1. The summed E-state index contributed by atoms with van der Waals surface area (Å²) in [7, 11) is 4.60. The first kappa shape index (κ1) is 29.1. The molecule has 8 unspecified atom stereocenters. The van der Waals surface area contributed by atoms with Crippen LogP contribution >= 0.6 is 12.2 Å². The van der Waals surface area contributed by atoms with Gasteiger partial charge in [0.15, 0.2) is 23.1 Å². The third-order valence-electron chi connectivity index (χ3n) is 10.7. The average Bonchev–Trinajstić information content (AvgIpc) is 3.74. The van der Waals surface area contributed by atoms with Gasteiger partial charge in [-0.15, -0.1) is 0 Å². The van der Waals surface area contributed by atoms with E-state index in [0.717, 1.165) is 5.69 Å². The summed E-state index contributed by atoms with van der Waals surface area (Å²) >= 11 is 6.34. The largest absolute Gasteiger partial charge is 0.332 e. The fraction of sp³-hybridized carbons (Fsp3) is 0.297. The van der Waals surface area contributed by atoms with Gasteiger partial charge in [-0.25, -0.2) is 0 Å². The molecule has 11 heteroatoms. The summed E-state index contributed by atoms with van der Waals surface area (Å²) in [5.74, 6) is -5.19. The molecule has 3 saturated heterocycles. The molecule has 2 spiro atoms. The second-order valence-electron chi connectivity index (χ2n) is 12.6. The molecule has 0 amide bonds. The highest BCUT2D eigenvalue weighted by molar-refractivity contribution is 7.80. The van der Waals surface area contributed by atoms with Crippen LogP contribution in [0.15, 0.2) is 103 Å². The maximum absolute atomic E-state index is 14.6. The molecule has 6 aliphatic heterocycles. The second kappa shape index (κ2) is 9.42. The third-order valence-corrected chi connectivity index (χ3v) is 11.1. The number of para-hydroxylation sites is 1. The highest BCUT2D eigenvalue weighted by atomic mass is 32.1. The zero-order valence-corrected chi connectivity index (χ0v) is 26.9. The van der Waals surface area contributed by atoms with Crippen LogP contribution in [0.3, 0.4) is 0 Å². The Morgan fingerprint density at radius 2 is 1.15 bits per heavy atom. The Morgan fingerprint density at radius 1 is 0.604 bits per heavy atom. The van der Waals surface area contributed by atoms with Crippen molar-refractivity contribution < 1.29 is 42.7 Å². The predicted molar refractivity (Wildman–Crippen MR) is 171 cm³/mol. The summed E-state index contributed by atoms with van der Waals surface area (Å²) in [5, 5.41) is 0. The number of carbonyl (C=O) groups is 1. The van der Waals surface area contributed by atoms with Crippen LogP contribution in [-0.4, -0.2) is 50.4 Å². The molecule has 10 nitrogen and oxygen atoms in total. The molecular weight excluding hydrogens is 634 g/mol. The van der Waals surface area contributed by atoms with Crippen molar-refractivity contribution in [3.8, 4) is 0 Å². The van der Waals surface area contributed by atoms with Crippen molar-refractivity contribution in [1.82, 2.24) is 0 Å². The van der Waals surface area contributed by atoms with E-state index in [1.165, 1.54) is 14.2 Å². The minimum Gasteiger partial charge on any atom is -0.332 e. The molecule has 0 aliphatic carbocycles. The van der Waals surface area contributed by atoms with Gasteiger partial charge in [-0.1, -0.05) is 103 Å². The van der Waals surface area contributed by atoms with E-state index in [9.17, 15) is 4.79 Å². The first-order valence-electron chi connectivity index (χ1n) is 15.7. The number of benzene rings is 4. The number of ether oxygens (including phenoxy) is 8. The lowest BCUT2D eigenvalue weighted by atomic mass is 9.67. The zero-order valence-electron chi connectivity index (χ0n) is 26.1. The summed E-state index contributed by atoms with van der Waals surface area (Å²) in [6, 6.07) is 32.0. The van der Waals surface area contributed by atoms with Gasteiger partial charge in [-0.3, -0.25) is 9.69 Å². The number of rotatable bonds is 4. The maximum atomic E-state index is 14.6. The van der Waals surface area contributed by atoms with Crippen LogP contribution in [0.4, 0.5) is 5.69 Å². The van der Waals surface area contributed by atoms with Crippen molar-refractivity contribution in [3.05, 3.63) is 137 Å². The Hall–Kier alpha value is -3.88. The van der Waals surface area contributed by atoms with Gasteiger partial charge in [0.25, 0.3) is 5.91 Å². The Kier molecular flexibility index (Phi) is 5.70. The number of methoxy groups -OCH3 is 3. The van der Waals surface area contributed by atoms with E-state index in [1.54, 1.807) is 19.2 Å². The lowest BCUT2D eigenvalue weighted by Gasteiger charge is -2.49. The number of Topliss-reactive ketones (excluding diaryl/α,β-unsaturated/α-hetero) is 1. The summed E-state index contributed by atoms with van der Waals surface area (Å²) in [5.41, 5.74) is 0.919. The predicted octanol–water partition coefficient (Wildman–Crippen LogP) is 5.03. The van der Waals surface area contributed by atoms with Gasteiger partial charge in [0.2, 0.25) is 0 Å². The number of hydrogen-bond donors (Lipinski definition) is 0. The van der Waals surface area contributed by atoms with E-state index < -0.39 is 47.4 Å². The van der Waals surface area contributed by atoms with E-state index in [4.69, 9.17) is 50.1 Å². The lowest BCUT2D eigenvalue weighted by Crippen LogP contribution is -2.64. The molecule has 4 aromatic carbocycles. The Labute approximate surface area is 281 Å². The van der Waals surface area contributed by atoms with Crippen LogP contribution in [-0.2, 0) is 67.0 Å². The molecule has 48 heavy (non-hydrogen) atoms. The van der Waals surface area contributed by atoms with Gasteiger partial charge in [0.1, 0.15) is 17.2 Å². The number of thiocarbonyl (C=S) groups is 1. The molecule has 6 bridgehead atoms.